The van der Waals surface area contributed by atoms with Gasteiger partial charge in [-0.1, -0.05) is 48.0 Å². The van der Waals surface area contributed by atoms with Crippen molar-refractivity contribution >= 4 is 21.7 Å². The van der Waals surface area contributed by atoms with Crippen molar-refractivity contribution in [1.82, 2.24) is 4.90 Å². The highest BCUT2D eigenvalue weighted by molar-refractivity contribution is 7.91. The molecule has 1 atom stereocenters. The molecule has 0 N–H and O–H groups in total. The number of benzene rings is 2. The Hall–Kier alpha value is -2.67. The van der Waals surface area contributed by atoms with Gasteiger partial charge in [0.2, 0.25) is 0 Å². The molecule has 3 rings (SSSR count). The van der Waals surface area contributed by atoms with Crippen molar-refractivity contribution in [3.8, 4) is 0 Å². The first-order valence-electron chi connectivity index (χ1n) is 9.95. The summed E-state index contributed by atoms with van der Waals surface area (Å²) in [6.45, 7) is 5.48. The molecule has 0 radical (unpaired) electrons. The van der Waals surface area contributed by atoms with Crippen LogP contribution in [-0.4, -0.2) is 49.3 Å². The van der Waals surface area contributed by atoms with E-state index in [1.165, 1.54) is 4.90 Å². The van der Waals surface area contributed by atoms with E-state index in [0.29, 0.717) is 12.0 Å². The van der Waals surface area contributed by atoms with Crippen molar-refractivity contribution in [1.29, 1.82) is 0 Å². The maximum absolute atomic E-state index is 13.0. The number of ether oxygens (including phenoxy) is 1. The Bertz CT molecular complexity index is 1020. The molecule has 0 aromatic heterocycles. The van der Waals surface area contributed by atoms with Gasteiger partial charge in [-0.2, -0.15) is 0 Å². The Kier molecular flexibility index (Phi) is 6.61. The molecule has 1 unspecified atom stereocenters. The Morgan fingerprint density at radius 2 is 1.70 bits per heavy atom. The second-order valence-corrected chi connectivity index (χ2v) is 10.1. The van der Waals surface area contributed by atoms with Gasteiger partial charge in [0.25, 0.3) is 5.91 Å². The number of carbonyl (C=O) groups excluding carboxylic acids is 2. The largest absolute Gasteiger partial charge is 0.452 e. The molecule has 2 aromatic carbocycles. The van der Waals surface area contributed by atoms with Crippen LogP contribution in [-0.2, 0) is 25.9 Å². The van der Waals surface area contributed by atoms with E-state index in [0.717, 1.165) is 22.3 Å². The zero-order chi connectivity index (χ0) is 21.9. The topological polar surface area (TPSA) is 80.8 Å². The highest BCUT2D eigenvalue weighted by atomic mass is 32.2. The minimum absolute atomic E-state index is 0.0598. The van der Waals surface area contributed by atoms with Crippen LogP contribution in [0.2, 0.25) is 0 Å². The van der Waals surface area contributed by atoms with E-state index in [1.807, 2.05) is 63.2 Å². The van der Waals surface area contributed by atoms with E-state index in [4.69, 9.17) is 4.74 Å². The van der Waals surface area contributed by atoms with Crippen LogP contribution < -0.4 is 0 Å². The smallest absolute Gasteiger partial charge is 0.339 e. The molecule has 1 amide bonds. The van der Waals surface area contributed by atoms with Crippen LogP contribution in [0.4, 0.5) is 0 Å². The van der Waals surface area contributed by atoms with Crippen LogP contribution in [0.25, 0.3) is 0 Å². The SMILES string of the molecule is Cc1cc(C)c(C(=O)OCC(=O)N(Cc2ccccc2)C2CCS(=O)(=O)C2)c(C)c1. The van der Waals surface area contributed by atoms with Gasteiger partial charge in [-0.3, -0.25) is 4.79 Å². The molecule has 1 aliphatic rings. The molecule has 0 bridgehead atoms. The van der Waals surface area contributed by atoms with E-state index in [-0.39, 0.29) is 18.1 Å². The Labute approximate surface area is 177 Å². The van der Waals surface area contributed by atoms with Crippen molar-refractivity contribution in [3.63, 3.8) is 0 Å². The predicted octanol–water partition coefficient (Wildman–Crippen LogP) is 2.98. The van der Waals surface area contributed by atoms with Gasteiger partial charge in [-0.25, -0.2) is 13.2 Å². The third kappa shape index (κ3) is 5.27. The van der Waals surface area contributed by atoms with Crippen LogP contribution in [0.1, 0.15) is 39.0 Å². The van der Waals surface area contributed by atoms with Gasteiger partial charge in [0.1, 0.15) is 0 Å². The van der Waals surface area contributed by atoms with Crippen LogP contribution in [0.3, 0.4) is 0 Å². The van der Waals surface area contributed by atoms with Gasteiger partial charge >= 0.3 is 5.97 Å². The zero-order valence-electron chi connectivity index (χ0n) is 17.6. The number of rotatable bonds is 6. The molecule has 0 aliphatic carbocycles. The minimum atomic E-state index is -3.16. The molecule has 1 fully saturated rings. The van der Waals surface area contributed by atoms with Crippen LogP contribution in [0, 0.1) is 20.8 Å². The highest BCUT2D eigenvalue weighted by Crippen LogP contribution is 2.21. The summed E-state index contributed by atoms with van der Waals surface area (Å²) in [5.74, 6) is -0.929. The third-order valence-electron chi connectivity index (χ3n) is 5.37. The van der Waals surface area contributed by atoms with Gasteiger partial charge in [-0.05, 0) is 43.9 Å². The van der Waals surface area contributed by atoms with Crippen molar-refractivity contribution in [2.24, 2.45) is 0 Å². The van der Waals surface area contributed by atoms with E-state index < -0.39 is 34.4 Å². The average molecular weight is 430 g/mol. The monoisotopic (exact) mass is 429 g/mol. The fourth-order valence-electron chi connectivity index (χ4n) is 4.01. The number of amides is 1. The lowest BCUT2D eigenvalue weighted by Gasteiger charge is -2.28. The number of hydrogen-bond acceptors (Lipinski definition) is 5. The van der Waals surface area contributed by atoms with Gasteiger partial charge in [0.15, 0.2) is 16.4 Å². The van der Waals surface area contributed by atoms with E-state index >= 15 is 0 Å². The highest BCUT2D eigenvalue weighted by Gasteiger charge is 2.35. The van der Waals surface area contributed by atoms with Crippen LogP contribution >= 0.6 is 0 Å². The van der Waals surface area contributed by atoms with E-state index in [2.05, 4.69) is 0 Å². The zero-order valence-corrected chi connectivity index (χ0v) is 18.4. The number of aryl methyl sites for hydroxylation is 3. The Morgan fingerprint density at radius 1 is 1.07 bits per heavy atom. The Balaban J connectivity index is 1.74. The first-order chi connectivity index (χ1) is 14.2. The predicted molar refractivity (Wildman–Crippen MR) is 115 cm³/mol. The van der Waals surface area contributed by atoms with Crippen LogP contribution in [0.15, 0.2) is 42.5 Å². The number of esters is 1. The summed E-state index contributed by atoms with van der Waals surface area (Å²) in [6, 6.07) is 12.8. The van der Waals surface area contributed by atoms with Gasteiger partial charge in [0, 0.05) is 12.6 Å². The fraction of sp³-hybridized carbons (Fsp3) is 0.391. The maximum atomic E-state index is 13.0. The molecule has 7 heteroatoms. The maximum Gasteiger partial charge on any atom is 0.339 e. The first kappa shape index (κ1) is 22.0. The number of nitrogens with zero attached hydrogens (tertiary/aromatic N) is 1. The van der Waals surface area contributed by atoms with Crippen LogP contribution in [0.5, 0.6) is 0 Å². The number of carbonyl (C=O) groups is 2. The average Bonchev–Trinajstić information content (AvgIpc) is 3.03. The van der Waals surface area contributed by atoms with Gasteiger partial charge in [0.05, 0.1) is 17.1 Å². The third-order valence-corrected chi connectivity index (χ3v) is 7.12. The van der Waals surface area contributed by atoms with Crippen molar-refractivity contribution in [2.75, 3.05) is 18.1 Å². The molecule has 30 heavy (non-hydrogen) atoms. The first-order valence-corrected chi connectivity index (χ1v) is 11.8. The molecule has 1 saturated heterocycles. The summed E-state index contributed by atoms with van der Waals surface area (Å²) in [7, 11) is -3.16. The molecule has 0 spiro atoms. The van der Waals surface area contributed by atoms with E-state index in [1.54, 1.807) is 0 Å². The van der Waals surface area contributed by atoms with Crippen molar-refractivity contribution < 1.29 is 22.7 Å². The summed E-state index contributed by atoms with van der Waals surface area (Å²) >= 11 is 0. The minimum Gasteiger partial charge on any atom is -0.452 e. The second-order valence-electron chi connectivity index (χ2n) is 7.91. The normalized spacial score (nSPS) is 17.5. The quantitative estimate of drug-likeness (QED) is 0.660. The van der Waals surface area contributed by atoms with Gasteiger partial charge in [-0.15, -0.1) is 0 Å². The summed E-state index contributed by atoms with van der Waals surface area (Å²) in [5, 5.41) is 0. The summed E-state index contributed by atoms with van der Waals surface area (Å²) in [6.07, 6.45) is 0.394. The number of hydrogen-bond donors (Lipinski definition) is 0. The molecule has 0 saturated carbocycles. The number of sulfone groups is 1. The molecule has 1 aliphatic heterocycles. The van der Waals surface area contributed by atoms with E-state index in [9.17, 15) is 18.0 Å². The summed E-state index contributed by atoms with van der Waals surface area (Å²) in [5.41, 5.74) is 4.01. The fourth-order valence-corrected chi connectivity index (χ4v) is 5.74. The molecular formula is C23H27NO5S. The lowest BCUT2D eigenvalue weighted by Crippen LogP contribution is -2.42. The Morgan fingerprint density at radius 3 is 2.27 bits per heavy atom. The summed E-state index contributed by atoms with van der Waals surface area (Å²) in [4.78, 5) is 27.1. The standard InChI is InChI=1S/C23H27NO5S/c1-16-11-17(2)22(18(3)12-16)23(26)29-14-21(25)24(13-19-7-5-4-6-8-19)20-9-10-30(27,28)15-20/h4-8,11-12,20H,9-10,13-15H2,1-3H3. The molecule has 6 nitrogen and oxygen atoms in total. The van der Waals surface area contributed by atoms with Crippen molar-refractivity contribution in [2.45, 2.75) is 39.8 Å². The molecule has 1 heterocycles. The second kappa shape index (κ2) is 9.00. The molecular weight excluding hydrogens is 402 g/mol. The molecule has 2 aromatic rings. The molecule has 160 valence electrons. The lowest BCUT2D eigenvalue weighted by molar-refractivity contribution is -0.137. The summed E-state index contributed by atoms with van der Waals surface area (Å²) < 4.78 is 29.2. The van der Waals surface area contributed by atoms with Gasteiger partial charge < -0.3 is 9.64 Å². The van der Waals surface area contributed by atoms with Crippen molar-refractivity contribution in [3.05, 3.63) is 70.3 Å². The lowest BCUT2D eigenvalue weighted by atomic mass is 10.00.